The molecule has 0 aliphatic rings. The van der Waals surface area contributed by atoms with Crippen LogP contribution < -0.4 is 14.9 Å². The van der Waals surface area contributed by atoms with Crippen molar-refractivity contribution in [1.82, 2.24) is 5.43 Å². The summed E-state index contributed by atoms with van der Waals surface area (Å²) in [6, 6.07) is 7.29. The number of methoxy groups -OCH3 is 1. The van der Waals surface area contributed by atoms with E-state index in [1.165, 1.54) is 7.11 Å². The number of benzene rings is 2. The summed E-state index contributed by atoms with van der Waals surface area (Å²) in [4.78, 5) is 22.0. The zero-order valence-electron chi connectivity index (χ0n) is 13.8. The van der Waals surface area contributed by atoms with Gasteiger partial charge in [-0.25, -0.2) is 5.43 Å². The van der Waals surface area contributed by atoms with Crippen LogP contribution in [0.3, 0.4) is 0 Å². The molecular formula is C16H13Br2N3O6. The minimum atomic E-state index is -0.610. The molecule has 0 aromatic heterocycles. The Labute approximate surface area is 170 Å². The lowest BCUT2D eigenvalue weighted by atomic mass is 10.2. The van der Waals surface area contributed by atoms with Crippen molar-refractivity contribution in [3.8, 4) is 17.2 Å². The van der Waals surface area contributed by atoms with Gasteiger partial charge >= 0.3 is 0 Å². The summed E-state index contributed by atoms with van der Waals surface area (Å²) in [6.45, 7) is -0.313. The van der Waals surface area contributed by atoms with E-state index in [1.54, 1.807) is 18.2 Å². The molecule has 0 aliphatic carbocycles. The first kappa shape index (κ1) is 20.6. The van der Waals surface area contributed by atoms with Crippen molar-refractivity contribution < 1.29 is 24.3 Å². The lowest BCUT2D eigenvalue weighted by molar-refractivity contribution is -0.385. The van der Waals surface area contributed by atoms with Gasteiger partial charge in [-0.2, -0.15) is 5.10 Å². The first-order valence-corrected chi connectivity index (χ1v) is 8.85. The van der Waals surface area contributed by atoms with Gasteiger partial charge in [0.2, 0.25) is 0 Å². The fourth-order valence-corrected chi connectivity index (χ4v) is 2.82. The Morgan fingerprint density at radius 2 is 2.07 bits per heavy atom. The zero-order chi connectivity index (χ0) is 20.0. The van der Waals surface area contributed by atoms with Crippen molar-refractivity contribution in [1.29, 1.82) is 0 Å². The number of nitrogens with zero attached hydrogens (tertiary/aromatic N) is 2. The molecule has 0 saturated heterocycles. The highest BCUT2D eigenvalue weighted by Crippen LogP contribution is 2.31. The summed E-state index contributed by atoms with van der Waals surface area (Å²) >= 11 is 6.32. The van der Waals surface area contributed by atoms with E-state index in [-0.39, 0.29) is 28.1 Å². The average molecular weight is 503 g/mol. The summed E-state index contributed by atoms with van der Waals surface area (Å²) in [5.41, 5.74) is 2.04. The molecule has 0 bridgehead atoms. The standard InChI is InChI=1S/C16H13Br2N3O6/c1-26-11-2-3-14(12(17)6-11)27-8-15(22)20-19-7-9-4-10(21(24)25)5-13(18)16(9)23/h2-7,23H,8H2,1H3,(H,20,22). The number of halogens is 2. The van der Waals surface area contributed by atoms with Gasteiger partial charge in [-0.15, -0.1) is 0 Å². The quantitative estimate of drug-likeness (QED) is 0.340. The van der Waals surface area contributed by atoms with E-state index in [2.05, 4.69) is 42.4 Å². The number of carbonyl (C=O) groups excluding carboxylic acids is 1. The maximum atomic E-state index is 11.8. The highest BCUT2D eigenvalue weighted by Gasteiger charge is 2.13. The number of nitrogens with one attached hydrogen (secondary N) is 1. The number of hydrogen-bond acceptors (Lipinski definition) is 7. The molecule has 142 valence electrons. The van der Waals surface area contributed by atoms with Crippen LogP contribution in [-0.2, 0) is 4.79 Å². The monoisotopic (exact) mass is 501 g/mol. The third-order valence-electron chi connectivity index (χ3n) is 3.18. The first-order chi connectivity index (χ1) is 12.8. The van der Waals surface area contributed by atoms with Crippen LogP contribution >= 0.6 is 31.9 Å². The predicted octanol–water partition coefficient (Wildman–Crippen LogP) is 3.36. The molecule has 0 fully saturated rings. The molecule has 0 saturated carbocycles. The number of hydrogen-bond donors (Lipinski definition) is 2. The van der Waals surface area contributed by atoms with Crippen LogP contribution in [0.15, 0.2) is 44.4 Å². The summed E-state index contributed by atoms with van der Waals surface area (Å²) in [6.07, 6.45) is 1.09. The number of hydrazone groups is 1. The predicted molar refractivity (Wildman–Crippen MR) is 104 cm³/mol. The SMILES string of the molecule is COc1ccc(OCC(=O)NN=Cc2cc([N+](=O)[O-])cc(Br)c2O)c(Br)c1. The number of nitro groups is 1. The number of phenols is 1. The van der Waals surface area contributed by atoms with Crippen molar-refractivity contribution in [3.63, 3.8) is 0 Å². The van der Waals surface area contributed by atoms with Gasteiger partial charge < -0.3 is 14.6 Å². The molecule has 0 radical (unpaired) electrons. The van der Waals surface area contributed by atoms with Gasteiger partial charge in [0.15, 0.2) is 6.61 Å². The van der Waals surface area contributed by atoms with Gasteiger partial charge in [-0.1, -0.05) is 0 Å². The summed E-state index contributed by atoms with van der Waals surface area (Å²) < 4.78 is 11.2. The number of rotatable bonds is 7. The fraction of sp³-hybridized carbons (Fsp3) is 0.125. The van der Waals surface area contributed by atoms with Crippen molar-refractivity contribution in [3.05, 3.63) is 55.0 Å². The normalized spacial score (nSPS) is 10.6. The molecule has 0 unspecified atom stereocenters. The van der Waals surface area contributed by atoms with Crippen LogP contribution in [0.2, 0.25) is 0 Å². The minimum Gasteiger partial charge on any atom is -0.506 e. The molecule has 11 heteroatoms. The molecule has 27 heavy (non-hydrogen) atoms. The van der Waals surface area contributed by atoms with Crippen LogP contribution in [-0.4, -0.2) is 35.9 Å². The molecule has 1 amide bonds. The van der Waals surface area contributed by atoms with E-state index in [1.807, 2.05) is 0 Å². The zero-order valence-corrected chi connectivity index (χ0v) is 17.0. The van der Waals surface area contributed by atoms with Gasteiger partial charge in [-0.3, -0.25) is 14.9 Å². The number of aromatic hydroxyl groups is 1. The molecule has 2 rings (SSSR count). The lowest BCUT2D eigenvalue weighted by Crippen LogP contribution is -2.24. The van der Waals surface area contributed by atoms with Gasteiger partial charge in [0.05, 0.1) is 27.2 Å². The second-order valence-corrected chi connectivity index (χ2v) is 6.71. The Kier molecular flexibility index (Phi) is 7.13. The highest BCUT2D eigenvalue weighted by atomic mass is 79.9. The van der Waals surface area contributed by atoms with E-state index in [0.717, 1.165) is 18.3 Å². The molecule has 2 aromatic rings. The van der Waals surface area contributed by atoms with Crippen LogP contribution in [0.4, 0.5) is 5.69 Å². The second kappa shape index (κ2) is 9.33. The maximum absolute atomic E-state index is 11.8. The maximum Gasteiger partial charge on any atom is 0.277 e. The number of carbonyl (C=O) groups is 1. The second-order valence-electron chi connectivity index (χ2n) is 5.00. The molecule has 2 N–H and O–H groups in total. The molecule has 9 nitrogen and oxygen atoms in total. The molecule has 0 aliphatic heterocycles. The van der Waals surface area contributed by atoms with Crippen LogP contribution in [0.25, 0.3) is 0 Å². The first-order valence-electron chi connectivity index (χ1n) is 7.27. The van der Waals surface area contributed by atoms with E-state index >= 15 is 0 Å². The Morgan fingerprint density at radius 1 is 1.33 bits per heavy atom. The Bertz CT molecular complexity index is 904. The average Bonchev–Trinajstić information content (AvgIpc) is 2.63. The Hall–Kier alpha value is -2.66. The molecule has 0 atom stereocenters. The van der Waals surface area contributed by atoms with E-state index < -0.39 is 10.8 Å². The number of non-ortho nitro benzene ring substituents is 1. The Morgan fingerprint density at radius 3 is 2.70 bits per heavy atom. The van der Waals surface area contributed by atoms with Crippen molar-refractivity contribution in [2.45, 2.75) is 0 Å². The Balaban J connectivity index is 1.97. The molecular weight excluding hydrogens is 490 g/mol. The van der Waals surface area contributed by atoms with E-state index in [4.69, 9.17) is 9.47 Å². The number of amides is 1. The van der Waals surface area contributed by atoms with Crippen LogP contribution in [0, 0.1) is 10.1 Å². The molecule has 0 spiro atoms. The third kappa shape index (κ3) is 5.66. The topological polar surface area (TPSA) is 123 Å². The number of nitro benzene ring substituents is 1. The van der Waals surface area contributed by atoms with Gasteiger partial charge in [0.1, 0.15) is 17.2 Å². The van der Waals surface area contributed by atoms with Crippen LogP contribution in [0.1, 0.15) is 5.56 Å². The third-order valence-corrected chi connectivity index (χ3v) is 4.40. The van der Waals surface area contributed by atoms with Gasteiger partial charge in [0, 0.05) is 17.7 Å². The smallest absolute Gasteiger partial charge is 0.277 e. The highest BCUT2D eigenvalue weighted by molar-refractivity contribution is 9.10. The van der Waals surface area contributed by atoms with E-state index in [9.17, 15) is 20.0 Å². The molecule has 0 heterocycles. The summed E-state index contributed by atoms with van der Waals surface area (Å²) in [5, 5.41) is 24.4. The number of phenolic OH excluding ortho intramolecular Hbond substituents is 1. The fourth-order valence-electron chi connectivity index (χ4n) is 1.88. The van der Waals surface area contributed by atoms with Crippen molar-refractivity contribution >= 4 is 49.7 Å². The van der Waals surface area contributed by atoms with E-state index in [0.29, 0.717) is 16.0 Å². The van der Waals surface area contributed by atoms with Crippen molar-refractivity contribution in [2.75, 3.05) is 13.7 Å². The minimum absolute atomic E-state index is 0.0650. The summed E-state index contributed by atoms with van der Waals surface area (Å²) in [7, 11) is 1.53. The van der Waals surface area contributed by atoms with Crippen LogP contribution in [0.5, 0.6) is 17.2 Å². The lowest BCUT2D eigenvalue weighted by Gasteiger charge is -2.08. The summed E-state index contributed by atoms with van der Waals surface area (Å²) in [5.74, 6) is 0.274. The van der Waals surface area contributed by atoms with Crippen molar-refractivity contribution in [2.24, 2.45) is 5.10 Å². The van der Waals surface area contributed by atoms with Gasteiger partial charge in [0.25, 0.3) is 11.6 Å². The largest absolute Gasteiger partial charge is 0.506 e. The molecule has 2 aromatic carbocycles. The number of ether oxygens (including phenoxy) is 2. The van der Waals surface area contributed by atoms with Gasteiger partial charge in [-0.05, 0) is 50.1 Å².